The van der Waals surface area contributed by atoms with Gasteiger partial charge in [-0.15, -0.1) is 0 Å². The Labute approximate surface area is 148 Å². The number of ether oxygens (including phenoxy) is 1. The van der Waals surface area contributed by atoms with Crippen LogP contribution in [0.4, 0.5) is 5.69 Å². The molecule has 0 aliphatic carbocycles. The number of carbonyl (C=O) groups is 3. The predicted octanol–water partition coefficient (Wildman–Crippen LogP) is 1.97. The molecule has 6 nitrogen and oxygen atoms in total. The summed E-state index contributed by atoms with van der Waals surface area (Å²) in [5, 5.41) is 0. The minimum atomic E-state index is -0.441. The Morgan fingerprint density at radius 3 is 2.50 bits per heavy atom. The summed E-state index contributed by atoms with van der Waals surface area (Å²) < 4.78 is 5.50. The monoisotopic (exact) mass is 394 g/mol. The van der Waals surface area contributed by atoms with E-state index in [9.17, 15) is 14.4 Å². The molecule has 2 amide bonds. The van der Waals surface area contributed by atoms with Gasteiger partial charge < -0.3 is 4.74 Å². The third kappa shape index (κ3) is 3.10. The van der Waals surface area contributed by atoms with Gasteiger partial charge in [0.05, 0.1) is 31.2 Å². The first-order valence-corrected chi connectivity index (χ1v) is 8.75. The lowest BCUT2D eigenvalue weighted by Gasteiger charge is -2.33. The van der Waals surface area contributed by atoms with Gasteiger partial charge in [0.25, 0.3) is 5.91 Å². The van der Waals surface area contributed by atoms with Gasteiger partial charge in [-0.1, -0.05) is 12.1 Å². The molecule has 0 spiro atoms. The topological polar surface area (TPSA) is 66.9 Å². The maximum atomic E-state index is 12.8. The van der Waals surface area contributed by atoms with Gasteiger partial charge in [0.2, 0.25) is 5.91 Å². The number of halogens is 1. The van der Waals surface area contributed by atoms with Gasteiger partial charge in [-0.3, -0.25) is 19.3 Å². The van der Waals surface area contributed by atoms with E-state index in [1.807, 2.05) is 17.0 Å². The molecule has 2 saturated heterocycles. The minimum Gasteiger partial charge on any atom is -0.469 e. The van der Waals surface area contributed by atoms with E-state index in [-0.39, 0.29) is 30.1 Å². The number of anilines is 1. The summed E-state index contributed by atoms with van der Waals surface area (Å²) in [7, 11) is 1.39. The number of hydrogen-bond acceptors (Lipinski definition) is 5. The lowest BCUT2D eigenvalue weighted by molar-refractivity contribution is -0.147. The summed E-state index contributed by atoms with van der Waals surface area (Å²) >= 11 is 3.40. The van der Waals surface area contributed by atoms with E-state index in [4.69, 9.17) is 4.74 Å². The molecule has 24 heavy (non-hydrogen) atoms. The third-order valence-electron chi connectivity index (χ3n) is 4.72. The first kappa shape index (κ1) is 17.1. The van der Waals surface area contributed by atoms with E-state index in [0.717, 1.165) is 4.47 Å². The first-order chi connectivity index (χ1) is 11.5. The highest BCUT2D eigenvalue weighted by Gasteiger charge is 2.44. The lowest BCUT2D eigenvalue weighted by Crippen LogP contribution is -2.47. The Morgan fingerprint density at radius 2 is 1.88 bits per heavy atom. The van der Waals surface area contributed by atoms with Gasteiger partial charge in [-0.2, -0.15) is 0 Å². The highest BCUT2D eigenvalue weighted by atomic mass is 79.9. The Bertz CT molecular complexity index is 670. The van der Waals surface area contributed by atoms with Crippen LogP contribution in [0.2, 0.25) is 0 Å². The van der Waals surface area contributed by atoms with E-state index in [1.165, 1.54) is 12.0 Å². The fourth-order valence-corrected chi connectivity index (χ4v) is 3.86. The van der Waals surface area contributed by atoms with Crippen LogP contribution in [0.15, 0.2) is 28.7 Å². The zero-order valence-corrected chi connectivity index (χ0v) is 15.0. The summed E-state index contributed by atoms with van der Waals surface area (Å²) in [6.07, 6.45) is 1.49. The molecule has 0 N–H and O–H groups in total. The molecule has 2 aliphatic rings. The number of rotatable bonds is 3. The third-order valence-corrected chi connectivity index (χ3v) is 5.39. The van der Waals surface area contributed by atoms with Gasteiger partial charge >= 0.3 is 5.97 Å². The Balaban J connectivity index is 1.71. The lowest BCUT2D eigenvalue weighted by atomic mass is 9.95. The molecule has 7 heteroatoms. The van der Waals surface area contributed by atoms with Crippen molar-refractivity contribution in [2.24, 2.45) is 5.92 Å². The van der Waals surface area contributed by atoms with E-state index >= 15 is 0 Å². The maximum Gasteiger partial charge on any atom is 0.308 e. The minimum absolute atomic E-state index is 0.113. The van der Waals surface area contributed by atoms with Crippen LogP contribution in [0, 0.1) is 5.92 Å². The molecule has 0 radical (unpaired) electrons. The molecule has 0 saturated carbocycles. The Kier molecular flexibility index (Phi) is 5.01. The van der Waals surface area contributed by atoms with Crippen LogP contribution >= 0.6 is 15.9 Å². The molecule has 2 aliphatic heterocycles. The van der Waals surface area contributed by atoms with Crippen molar-refractivity contribution >= 4 is 39.4 Å². The molecule has 0 bridgehead atoms. The SMILES string of the molecule is COC(=O)C1CCN([C@@H]2CC(=O)N(c3ccccc3Br)C2=O)CC1. The molecule has 0 aromatic heterocycles. The molecule has 0 unspecified atom stereocenters. The molecule has 2 fully saturated rings. The van der Waals surface area contributed by atoms with Gasteiger partial charge in [-0.25, -0.2) is 4.90 Å². The fourth-order valence-electron chi connectivity index (χ4n) is 3.40. The molecule has 3 rings (SSSR count). The molecule has 128 valence electrons. The van der Waals surface area contributed by atoms with E-state index in [2.05, 4.69) is 15.9 Å². The summed E-state index contributed by atoms with van der Waals surface area (Å²) in [5.74, 6) is -0.688. The van der Waals surface area contributed by atoms with Crippen molar-refractivity contribution in [3.63, 3.8) is 0 Å². The molecular weight excluding hydrogens is 376 g/mol. The zero-order chi connectivity index (χ0) is 17.3. The Hall–Kier alpha value is -1.73. The number of piperidine rings is 1. The quantitative estimate of drug-likeness (QED) is 0.578. The van der Waals surface area contributed by atoms with E-state index in [0.29, 0.717) is 31.6 Å². The maximum absolute atomic E-state index is 12.8. The number of hydrogen-bond donors (Lipinski definition) is 0. The highest BCUT2D eigenvalue weighted by Crippen LogP contribution is 2.32. The normalized spacial score (nSPS) is 22.9. The van der Waals surface area contributed by atoms with Crippen LogP contribution in [0.5, 0.6) is 0 Å². The largest absolute Gasteiger partial charge is 0.469 e. The number of benzene rings is 1. The van der Waals surface area contributed by atoms with Crippen molar-refractivity contribution < 1.29 is 19.1 Å². The summed E-state index contributed by atoms with van der Waals surface area (Å²) in [5.41, 5.74) is 0.583. The van der Waals surface area contributed by atoms with Crippen molar-refractivity contribution in [1.29, 1.82) is 0 Å². The summed E-state index contributed by atoms with van der Waals surface area (Å²) in [6.45, 7) is 1.24. The van der Waals surface area contributed by atoms with Crippen LogP contribution < -0.4 is 4.90 Å². The second kappa shape index (κ2) is 7.03. The second-order valence-electron chi connectivity index (χ2n) is 6.07. The Morgan fingerprint density at radius 1 is 1.21 bits per heavy atom. The number of para-hydroxylation sites is 1. The van der Waals surface area contributed by atoms with Crippen LogP contribution in [0.25, 0.3) is 0 Å². The molecule has 2 heterocycles. The van der Waals surface area contributed by atoms with Gasteiger partial charge in [0, 0.05) is 4.47 Å². The number of methoxy groups -OCH3 is 1. The van der Waals surface area contributed by atoms with Crippen LogP contribution in [0.3, 0.4) is 0 Å². The number of esters is 1. The average Bonchev–Trinajstić information content (AvgIpc) is 2.89. The van der Waals surface area contributed by atoms with Gasteiger partial charge in [0.1, 0.15) is 0 Å². The number of likely N-dealkylation sites (tertiary alicyclic amines) is 1. The van der Waals surface area contributed by atoms with Crippen molar-refractivity contribution in [1.82, 2.24) is 4.90 Å². The smallest absolute Gasteiger partial charge is 0.308 e. The summed E-state index contributed by atoms with van der Waals surface area (Å²) in [4.78, 5) is 40.1. The van der Waals surface area contributed by atoms with Gasteiger partial charge in [0.15, 0.2) is 0 Å². The molecular formula is C17H19BrN2O4. The fraction of sp³-hybridized carbons (Fsp3) is 0.471. The second-order valence-corrected chi connectivity index (χ2v) is 6.93. The van der Waals surface area contributed by atoms with E-state index < -0.39 is 6.04 Å². The van der Waals surface area contributed by atoms with Crippen molar-refractivity contribution in [2.45, 2.75) is 25.3 Å². The van der Waals surface area contributed by atoms with Crippen LogP contribution in [-0.2, 0) is 19.1 Å². The molecule has 1 aromatic carbocycles. The zero-order valence-electron chi connectivity index (χ0n) is 13.4. The van der Waals surface area contributed by atoms with Crippen LogP contribution in [-0.4, -0.2) is 48.9 Å². The average molecular weight is 395 g/mol. The molecule has 1 atom stereocenters. The van der Waals surface area contributed by atoms with Gasteiger partial charge in [-0.05, 0) is 54.0 Å². The number of amides is 2. The first-order valence-electron chi connectivity index (χ1n) is 7.96. The highest BCUT2D eigenvalue weighted by molar-refractivity contribution is 9.10. The van der Waals surface area contributed by atoms with E-state index in [1.54, 1.807) is 12.1 Å². The number of nitrogens with zero attached hydrogens (tertiary/aromatic N) is 2. The van der Waals surface area contributed by atoms with Crippen molar-refractivity contribution in [2.75, 3.05) is 25.1 Å². The van der Waals surface area contributed by atoms with Crippen LogP contribution in [0.1, 0.15) is 19.3 Å². The standard InChI is InChI=1S/C17H19BrN2O4/c1-24-17(23)11-6-8-19(9-7-11)14-10-15(21)20(16(14)22)13-5-3-2-4-12(13)18/h2-5,11,14H,6-10H2,1H3/t14-/m1/s1. The van der Waals surface area contributed by atoms with Crippen molar-refractivity contribution in [3.8, 4) is 0 Å². The molecule has 1 aromatic rings. The summed E-state index contributed by atoms with van der Waals surface area (Å²) in [6, 6.07) is 6.77. The van der Waals surface area contributed by atoms with Crippen molar-refractivity contribution in [3.05, 3.63) is 28.7 Å². The number of imide groups is 1. The predicted molar refractivity (Wildman–Crippen MR) is 91.4 cm³/mol. The number of carbonyl (C=O) groups excluding carboxylic acids is 3.